The average molecular weight is 276 g/mol. The van der Waals surface area contributed by atoms with Gasteiger partial charge in [-0.05, 0) is 23.4 Å². The van der Waals surface area contributed by atoms with Gasteiger partial charge in [0.05, 0.1) is 12.2 Å². The number of hydrogen-bond acceptors (Lipinski definition) is 6. The highest BCUT2D eigenvalue weighted by atomic mass is 15.4. The number of unbranched alkanes of at least 4 members (excludes halogenated alkanes) is 2. The molecule has 0 spiro atoms. The summed E-state index contributed by atoms with van der Waals surface area (Å²) in [6, 6.07) is 0.0933. The first-order valence-corrected chi connectivity index (χ1v) is 7.45. The van der Waals surface area contributed by atoms with Gasteiger partial charge in [-0.2, -0.15) is 0 Å². The maximum Gasteiger partial charge on any atom is 0.106 e. The Bertz CT molecular complexity index is 388. The minimum atomic E-state index is 0.0933. The van der Waals surface area contributed by atoms with Gasteiger partial charge in [-0.25, -0.2) is 0 Å². The van der Waals surface area contributed by atoms with Crippen molar-refractivity contribution in [3.8, 4) is 0 Å². The van der Waals surface area contributed by atoms with E-state index in [0.29, 0.717) is 0 Å². The van der Waals surface area contributed by atoms with E-state index >= 15 is 0 Å². The van der Waals surface area contributed by atoms with Crippen molar-refractivity contribution in [3.05, 3.63) is 24.5 Å². The first kappa shape index (κ1) is 15.0. The van der Waals surface area contributed by atoms with E-state index in [-0.39, 0.29) is 6.04 Å². The van der Waals surface area contributed by atoms with Crippen LogP contribution in [0.4, 0.5) is 0 Å². The predicted molar refractivity (Wildman–Crippen MR) is 78.1 cm³/mol. The Morgan fingerprint density at radius 2 is 2.05 bits per heavy atom. The van der Waals surface area contributed by atoms with Crippen LogP contribution in [-0.4, -0.2) is 63.1 Å². The summed E-state index contributed by atoms with van der Waals surface area (Å²) in [4.78, 5) is 4.93. The van der Waals surface area contributed by atoms with Gasteiger partial charge in [-0.1, -0.05) is 25.8 Å². The van der Waals surface area contributed by atoms with E-state index < -0.39 is 0 Å². The van der Waals surface area contributed by atoms with Crippen molar-refractivity contribution in [3.63, 3.8) is 0 Å². The molecule has 2 rings (SSSR count). The first-order valence-electron chi connectivity index (χ1n) is 7.45. The smallest absolute Gasteiger partial charge is 0.106 e. The fraction of sp³-hybridized carbons (Fsp3) is 0.714. The van der Waals surface area contributed by atoms with E-state index in [2.05, 4.69) is 43.9 Å². The fourth-order valence-corrected chi connectivity index (χ4v) is 2.65. The number of hydrogen-bond donors (Lipinski definition) is 0. The number of rotatable bonds is 7. The van der Waals surface area contributed by atoms with Crippen molar-refractivity contribution in [2.24, 2.45) is 0 Å². The van der Waals surface area contributed by atoms with Crippen molar-refractivity contribution < 1.29 is 0 Å². The molecule has 0 bridgehead atoms. The summed E-state index contributed by atoms with van der Waals surface area (Å²) >= 11 is 0. The van der Waals surface area contributed by atoms with Crippen LogP contribution in [-0.2, 0) is 0 Å². The molecule has 1 aromatic rings. The largest absolute Gasteiger partial charge is 0.301 e. The summed E-state index contributed by atoms with van der Waals surface area (Å²) in [5, 5.41) is 15.0. The second kappa shape index (κ2) is 8.01. The van der Waals surface area contributed by atoms with Crippen LogP contribution >= 0.6 is 0 Å². The van der Waals surface area contributed by atoms with Crippen LogP contribution in [0.5, 0.6) is 0 Å². The third-order valence-electron chi connectivity index (χ3n) is 3.85. The molecule has 1 saturated heterocycles. The Balaban J connectivity index is 1.84. The Morgan fingerprint density at radius 1 is 1.25 bits per heavy atom. The van der Waals surface area contributed by atoms with Gasteiger partial charge in [0, 0.05) is 26.2 Å². The zero-order chi connectivity index (χ0) is 14.2. The molecule has 0 aliphatic carbocycles. The summed E-state index contributed by atoms with van der Waals surface area (Å²) in [6.45, 7) is 11.7. The summed E-state index contributed by atoms with van der Waals surface area (Å²) in [6.07, 6.45) is 7.51. The maximum absolute atomic E-state index is 4.05. The van der Waals surface area contributed by atoms with Crippen molar-refractivity contribution >= 4 is 0 Å². The Labute approximate surface area is 120 Å². The average Bonchev–Trinajstić information content (AvgIpc) is 2.51. The van der Waals surface area contributed by atoms with Crippen LogP contribution in [0.2, 0.25) is 0 Å². The van der Waals surface area contributed by atoms with Gasteiger partial charge < -0.3 is 4.90 Å². The third kappa shape index (κ3) is 4.05. The quantitative estimate of drug-likeness (QED) is 0.553. The maximum atomic E-state index is 4.05. The van der Waals surface area contributed by atoms with Crippen molar-refractivity contribution in [2.75, 3.05) is 32.7 Å². The van der Waals surface area contributed by atoms with E-state index in [4.69, 9.17) is 0 Å². The lowest BCUT2D eigenvalue weighted by Gasteiger charge is -2.37. The molecular formula is C14H24N6. The second-order valence-electron chi connectivity index (χ2n) is 5.21. The summed E-state index contributed by atoms with van der Waals surface area (Å²) in [5.41, 5.74) is 0.828. The predicted octanol–water partition coefficient (Wildman–Crippen LogP) is 1.30. The normalized spacial score (nSPS) is 18.9. The first-order chi connectivity index (χ1) is 9.85. The number of piperazine rings is 1. The molecule has 6 heteroatoms. The van der Waals surface area contributed by atoms with Crippen LogP contribution in [0.25, 0.3) is 0 Å². The van der Waals surface area contributed by atoms with E-state index in [1.165, 1.54) is 25.8 Å². The number of nitrogens with zero attached hydrogens (tertiary/aromatic N) is 6. The van der Waals surface area contributed by atoms with Crippen molar-refractivity contribution in [1.29, 1.82) is 0 Å². The molecule has 0 saturated carbocycles. The molecule has 1 aromatic heterocycles. The zero-order valence-corrected chi connectivity index (χ0v) is 12.3. The second-order valence-corrected chi connectivity index (χ2v) is 5.21. The molecule has 1 atom stereocenters. The summed E-state index contributed by atoms with van der Waals surface area (Å²) in [5.74, 6) is 0. The van der Waals surface area contributed by atoms with Gasteiger partial charge in [0.2, 0.25) is 0 Å². The summed E-state index contributed by atoms with van der Waals surface area (Å²) < 4.78 is 0. The van der Waals surface area contributed by atoms with Crippen LogP contribution in [0, 0.1) is 0 Å². The van der Waals surface area contributed by atoms with Crippen LogP contribution in [0.3, 0.4) is 0 Å². The number of aromatic nitrogens is 4. The van der Waals surface area contributed by atoms with E-state index in [9.17, 15) is 0 Å². The molecule has 2 heterocycles. The molecule has 0 radical (unpaired) electrons. The highest BCUT2D eigenvalue weighted by molar-refractivity contribution is 5.08. The topological polar surface area (TPSA) is 58.0 Å². The van der Waals surface area contributed by atoms with Gasteiger partial charge in [-0.15, -0.1) is 16.8 Å². The van der Waals surface area contributed by atoms with Crippen LogP contribution in [0.1, 0.15) is 37.9 Å². The lowest BCUT2D eigenvalue weighted by molar-refractivity contribution is 0.109. The van der Waals surface area contributed by atoms with Crippen molar-refractivity contribution in [2.45, 2.75) is 32.2 Å². The lowest BCUT2D eigenvalue weighted by atomic mass is 10.1. The minimum absolute atomic E-state index is 0.0933. The highest BCUT2D eigenvalue weighted by Crippen LogP contribution is 2.20. The molecule has 1 fully saturated rings. The fourth-order valence-electron chi connectivity index (χ4n) is 2.65. The molecule has 0 N–H and O–H groups in total. The molecular weight excluding hydrogens is 252 g/mol. The van der Waals surface area contributed by atoms with E-state index in [1.807, 2.05) is 6.08 Å². The molecule has 20 heavy (non-hydrogen) atoms. The van der Waals surface area contributed by atoms with Crippen LogP contribution in [0.15, 0.2) is 18.9 Å². The standard InChI is InChI=1S/C14H24N6/c1-3-5-6-7-19-8-10-20(11-9-19)14(4-2)13-12-15-17-18-16-13/h4,12,14H,2-3,5-11H2,1H3. The van der Waals surface area contributed by atoms with E-state index in [0.717, 1.165) is 31.9 Å². The van der Waals surface area contributed by atoms with Crippen molar-refractivity contribution in [1.82, 2.24) is 30.4 Å². The molecule has 1 aliphatic heterocycles. The molecule has 1 unspecified atom stereocenters. The SMILES string of the molecule is C=CC(c1cnnnn1)N1CCN(CCCCC)CC1. The Morgan fingerprint density at radius 3 is 2.65 bits per heavy atom. The third-order valence-corrected chi connectivity index (χ3v) is 3.85. The van der Waals surface area contributed by atoms with Gasteiger partial charge in [0.15, 0.2) is 0 Å². The molecule has 110 valence electrons. The van der Waals surface area contributed by atoms with E-state index in [1.54, 1.807) is 6.20 Å². The van der Waals surface area contributed by atoms with Gasteiger partial charge in [0.1, 0.15) is 5.69 Å². The summed E-state index contributed by atoms with van der Waals surface area (Å²) in [7, 11) is 0. The molecule has 1 aliphatic rings. The Kier molecular flexibility index (Phi) is 6.01. The Hall–Kier alpha value is -1.40. The monoisotopic (exact) mass is 276 g/mol. The van der Waals surface area contributed by atoms with Gasteiger partial charge in [0.25, 0.3) is 0 Å². The molecule has 0 amide bonds. The highest BCUT2D eigenvalue weighted by Gasteiger charge is 2.24. The van der Waals surface area contributed by atoms with Gasteiger partial charge in [-0.3, -0.25) is 4.90 Å². The lowest BCUT2D eigenvalue weighted by Crippen LogP contribution is -2.47. The zero-order valence-electron chi connectivity index (χ0n) is 12.3. The van der Waals surface area contributed by atoms with Crippen LogP contribution < -0.4 is 0 Å². The molecule has 6 nitrogen and oxygen atoms in total. The van der Waals surface area contributed by atoms with Gasteiger partial charge >= 0.3 is 0 Å². The minimum Gasteiger partial charge on any atom is -0.301 e. The molecule has 0 aromatic carbocycles.